The Bertz CT molecular complexity index is 351. The standard InChI is InChI=1S/C13H20N2O2/c1-10(14)11-2-4-12(5-3-11)15-6-7-17-13(8-15)9-16/h2-5,10,13,16H,6-9,14H2,1H3/t10-,13?/m0/s1. The zero-order chi connectivity index (χ0) is 12.3. The lowest BCUT2D eigenvalue weighted by Crippen LogP contribution is -2.44. The smallest absolute Gasteiger partial charge is 0.0980 e. The number of rotatable bonds is 3. The maximum absolute atomic E-state index is 9.10. The van der Waals surface area contributed by atoms with Crippen LogP contribution in [0, 0.1) is 0 Å². The summed E-state index contributed by atoms with van der Waals surface area (Å²) >= 11 is 0. The second-order valence-corrected chi connectivity index (χ2v) is 4.50. The van der Waals surface area contributed by atoms with Crippen LogP contribution in [0.5, 0.6) is 0 Å². The molecule has 1 heterocycles. The predicted octanol–water partition coefficient (Wildman–Crippen LogP) is 0.904. The molecule has 4 heteroatoms. The predicted molar refractivity (Wildman–Crippen MR) is 68.1 cm³/mol. The number of nitrogens with zero attached hydrogens (tertiary/aromatic N) is 1. The minimum atomic E-state index is -0.0724. The van der Waals surface area contributed by atoms with E-state index in [1.807, 2.05) is 6.92 Å². The maximum Gasteiger partial charge on any atom is 0.0980 e. The first-order chi connectivity index (χ1) is 8.20. The fraction of sp³-hybridized carbons (Fsp3) is 0.538. The van der Waals surface area contributed by atoms with Crippen LogP contribution in [0.1, 0.15) is 18.5 Å². The summed E-state index contributed by atoms with van der Waals surface area (Å²) in [5.41, 5.74) is 8.12. The minimum Gasteiger partial charge on any atom is -0.394 e. The van der Waals surface area contributed by atoms with E-state index in [1.54, 1.807) is 0 Å². The Morgan fingerprint density at radius 1 is 1.47 bits per heavy atom. The summed E-state index contributed by atoms with van der Waals surface area (Å²) in [4.78, 5) is 2.23. The zero-order valence-electron chi connectivity index (χ0n) is 10.2. The molecule has 0 spiro atoms. The molecule has 2 rings (SSSR count). The van der Waals surface area contributed by atoms with Gasteiger partial charge in [-0.15, -0.1) is 0 Å². The topological polar surface area (TPSA) is 58.7 Å². The maximum atomic E-state index is 9.10. The van der Waals surface area contributed by atoms with Gasteiger partial charge in [0.2, 0.25) is 0 Å². The lowest BCUT2D eigenvalue weighted by Gasteiger charge is -2.33. The van der Waals surface area contributed by atoms with Crippen molar-refractivity contribution in [1.29, 1.82) is 0 Å². The van der Waals surface area contributed by atoms with Gasteiger partial charge in [-0.25, -0.2) is 0 Å². The highest BCUT2D eigenvalue weighted by Crippen LogP contribution is 2.20. The summed E-state index contributed by atoms with van der Waals surface area (Å²) in [5.74, 6) is 0. The SMILES string of the molecule is C[C@H](N)c1ccc(N2CCOC(CO)C2)cc1. The molecule has 0 radical (unpaired) electrons. The second kappa shape index (κ2) is 5.49. The molecule has 0 amide bonds. The highest BCUT2D eigenvalue weighted by atomic mass is 16.5. The molecule has 1 aromatic rings. The highest BCUT2D eigenvalue weighted by molar-refractivity contribution is 5.48. The lowest BCUT2D eigenvalue weighted by atomic mass is 10.1. The molecule has 94 valence electrons. The molecule has 0 aromatic heterocycles. The number of hydrogen-bond acceptors (Lipinski definition) is 4. The third-order valence-corrected chi connectivity index (χ3v) is 3.13. The molecule has 0 saturated carbocycles. The van der Waals surface area contributed by atoms with Crippen LogP contribution in [0.3, 0.4) is 0 Å². The lowest BCUT2D eigenvalue weighted by molar-refractivity contribution is 0.00357. The van der Waals surface area contributed by atoms with Crippen LogP contribution in [-0.2, 0) is 4.74 Å². The van der Waals surface area contributed by atoms with Crippen molar-refractivity contribution in [3.63, 3.8) is 0 Å². The van der Waals surface area contributed by atoms with Crippen LogP contribution in [0.15, 0.2) is 24.3 Å². The van der Waals surface area contributed by atoms with Crippen molar-refractivity contribution in [1.82, 2.24) is 0 Å². The summed E-state index contributed by atoms with van der Waals surface area (Å²) in [6.07, 6.45) is -0.0724. The monoisotopic (exact) mass is 236 g/mol. The van der Waals surface area contributed by atoms with Gasteiger partial charge < -0.3 is 20.5 Å². The van der Waals surface area contributed by atoms with Gasteiger partial charge in [0.05, 0.1) is 19.3 Å². The van der Waals surface area contributed by atoms with Gasteiger partial charge >= 0.3 is 0 Å². The van der Waals surface area contributed by atoms with Crippen molar-refractivity contribution in [2.24, 2.45) is 5.73 Å². The molecular weight excluding hydrogens is 216 g/mol. The first-order valence-electron chi connectivity index (χ1n) is 6.03. The van der Waals surface area contributed by atoms with Gasteiger partial charge in [0.25, 0.3) is 0 Å². The van der Waals surface area contributed by atoms with Crippen molar-refractivity contribution < 1.29 is 9.84 Å². The summed E-state index contributed by atoms with van der Waals surface area (Å²) < 4.78 is 5.43. The number of nitrogens with two attached hydrogens (primary N) is 1. The van der Waals surface area contributed by atoms with Crippen LogP contribution in [0.4, 0.5) is 5.69 Å². The number of anilines is 1. The summed E-state index contributed by atoms with van der Waals surface area (Å²) in [6, 6.07) is 8.35. The molecule has 1 unspecified atom stereocenters. The molecule has 4 nitrogen and oxygen atoms in total. The Kier molecular flexibility index (Phi) is 3.99. The first-order valence-corrected chi connectivity index (χ1v) is 6.03. The molecule has 2 atom stereocenters. The van der Waals surface area contributed by atoms with Crippen molar-refractivity contribution in [2.45, 2.75) is 19.1 Å². The van der Waals surface area contributed by atoms with E-state index < -0.39 is 0 Å². The Morgan fingerprint density at radius 3 is 2.76 bits per heavy atom. The van der Waals surface area contributed by atoms with Crippen molar-refractivity contribution >= 4 is 5.69 Å². The first kappa shape index (κ1) is 12.4. The van der Waals surface area contributed by atoms with E-state index in [-0.39, 0.29) is 18.8 Å². The summed E-state index contributed by atoms with van der Waals surface area (Å²) in [6.45, 7) is 4.34. The molecule has 1 aliphatic rings. The number of ether oxygens (including phenoxy) is 1. The fourth-order valence-corrected chi connectivity index (χ4v) is 2.05. The van der Waals surface area contributed by atoms with E-state index >= 15 is 0 Å². The number of aliphatic hydroxyl groups is 1. The van der Waals surface area contributed by atoms with Crippen molar-refractivity contribution in [2.75, 3.05) is 31.2 Å². The Morgan fingerprint density at radius 2 is 2.18 bits per heavy atom. The largest absolute Gasteiger partial charge is 0.394 e. The van der Waals surface area contributed by atoms with E-state index in [0.717, 1.165) is 24.3 Å². The highest BCUT2D eigenvalue weighted by Gasteiger charge is 2.19. The van der Waals surface area contributed by atoms with Crippen LogP contribution in [-0.4, -0.2) is 37.5 Å². The van der Waals surface area contributed by atoms with Crippen molar-refractivity contribution in [3.05, 3.63) is 29.8 Å². The number of aliphatic hydroxyl groups excluding tert-OH is 1. The van der Waals surface area contributed by atoms with Gasteiger partial charge in [0, 0.05) is 24.8 Å². The van der Waals surface area contributed by atoms with Gasteiger partial charge in [-0.1, -0.05) is 12.1 Å². The van der Waals surface area contributed by atoms with E-state index in [9.17, 15) is 0 Å². The van der Waals surface area contributed by atoms with Gasteiger partial charge in [-0.2, -0.15) is 0 Å². The Hall–Kier alpha value is -1.10. The van der Waals surface area contributed by atoms with E-state index in [4.69, 9.17) is 15.6 Å². The molecular formula is C13H20N2O2. The molecule has 3 N–H and O–H groups in total. The minimum absolute atomic E-state index is 0.0685. The van der Waals surface area contributed by atoms with Crippen LogP contribution in [0.25, 0.3) is 0 Å². The average molecular weight is 236 g/mol. The van der Waals surface area contributed by atoms with Gasteiger partial charge in [0.15, 0.2) is 0 Å². The fourth-order valence-electron chi connectivity index (χ4n) is 2.05. The molecule has 1 aliphatic heterocycles. The normalized spacial score (nSPS) is 22.5. The van der Waals surface area contributed by atoms with E-state index in [0.29, 0.717) is 6.61 Å². The molecule has 0 bridgehead atoms. The zero-order valence-corrected chi connectivity index (χ0v) is 10.2. The summed E-state index contributed by atoms with van der Waals surface area (Å²) in [5, 5.41) is 9.10. The number of morpholine rings is 1. The van der Waals surface area contributed by atoms with Gasteiger partial charge in [0.1, 0.15) is 0 Å². The summed E-state index contributed by atoms with van der Waals surface area (Å²) in [7, 11) is 0. The van der Waals surface area contributed by atoms with Gasteiger partial charge in [-0.05, 0) is 24.6 Å². The molecule has 0 aliphatic carbocycles. The third-order valence-electron chi connectivity index (χ3n) is 3.13. The molecule has 1 aromatic carbocycles. The van der Waals surface area contributed by atoms with Crippen LogP contribution >= 0.6 is 0 Å². The number of benzene rings is 1. The number of hydrogen-bond donors (Lipinski definition) is 2. The van der Waals surface area contributed by atoms with Crippen molar-refractivity contribution in [3.8, 4) is 0 Å². The molecule has 1 fully saturated rings. The Labute approximate surface area is 102 Å². The Balaban J connectivity index is 2.06. The molecule has 17 heavy (non-hydrogen) atoms. The third kappa shape index (κ3) is 2.97. The van der Waals surface area contributed by atoms with E-state index in [2.05, 4.69) is 29.2 Å². The van der Waals surface area contributed by atoms with E-state index in [1.165, 1.54) is 0 Å². The second-order valence-electron chi connectivity index (χ2n) is 4.50. The quantitative estimate of drug-likeness (QED) is 0.819. The van der Waals surface area contributed by atoms with Crippen LogP contribution < -0.4 is 10.6 Å². The van der Waals surface area contributed by atoms with Gasteiger partial charge in [-0.3, -0.25) is 0 Å². The van der Waals surface area contributed by atoms with Crippen LogP contribution in [0.2, 0.25) is 0 Å². The molecule has 1 saturated heterocycles. The average Bonchev–Trinajstić information content (AvgIpc) is 2.39.